The van der Waals surface area contributed by atoms with Gasteiger partial charge in [-0.2, -0.15) is 9.61 Å². The van der Waals surface area contributed by atoms with E-state index in [4.69, 9.17) is 15.8 Å². The van der Waals surface area contributed by atoms with Crippen LogP contribution < -0.4 is 5.73 Å². The van der Waals surface area contributed by atoms with Crippen molar-refractivity contribution in [3.05, 3.63) is 71.5 Å². The van der Waals surface area contributed by atoms with E-state index in [9.17, 15) is 0 Å². The summed E-state index contributed by atoms with van der Waals surface area (Å²) in [5.74, 6) is 0.542. The third-order valence-corrected chi connectivity index (χ3v) is 5.73. The Bertz CT molecular complexity index is 1540. The molecule has 2 aromatic carbocycles. The summed E-state index contributed by atoms with van der Waals surface area (Å²) < 4.78 is 2.71. The second-order valence-corrected chi connectivity index (χ2v) is 7.92. The van der Waals surface area contributed by atoms with Gasteiger partial charge in [-0.3, -0.25) is 0 Å². The number of nitrogen functional groups attached to an aromatic ring is 1. The number of hydrogen-bond acceptors (Lipinski definition) is 3. The van der Waals surface area contributed by atoms with Gasteiger partial charge in [-0.1, -0.05) is 34.1 Å². The number of fused-ring (bicyclic) bond motifs is 3. The number of nitrogens with zero attached hydrogens (tertiary/aromatic N) is 3. The molecule has 29 heavy (non-hydrogen) atoms. The van der Waals surface area contributed by atoms with Crippen LogP contribution in [0.1, 0.15) is 0 Å². The summed E-state index contributed by atoms with van der Waals surface area (Å²) in [5, 5.41) is 6.91. The molecule has 7 heteroatoms. The lowest BCUT2D eigenvalue weighted by Gasteiger charge is -2.03. The molecule has 6 nitrogen and oxygen atoms in total. The lowest BCUT2D eigenvalue weighted by Crippen LogP contribution is -2.01. The molecule has 4 N–H and O–H groups in total. The van der Waals surface area contributed by atoms with Crippen LogP contribution in [0, 0.1) is 0 Å². The highest BCUT2D eigenvalue weighted by Gasteiger charge is 2.15. The Morgan fingerprint density at radius 3 is 2.45 bits per heavy atom. The van der Waals surface area contributed by atoms with Gasteiger partial charge in [-0.15, -0.1) is 0 Å². The van der Waals surface area contributed by atoms with Crippen LogP contribution in [0.4, 0.5) is 5.82 Å². The minimum absolute atomic E-state index is 0.542. The highest BCUT2D eigenvalue weighted by molar-refractivity contribution is 9.10. The molecule has 0 spiro atoms. The molecule has 0 bridgehead atoms. The van der Waals surface area contributed by atoms with Gasteiger partial charge in [0.2, 0.25) is 0 Å². The van der Waals surface area contributed by atoms with Crippen molar-refractivity contribution in [1.29, 1.82) is 0 Å². The summed E-state index contributed by atoms with van der Waals surface area (Å²) in [6.45, 7) is 0. The van der Waals surface area contributed by atoms with Crippen molar-refractivity contribution < 1.29 is 0 Å². The number of nitrogens with two attached hydrogens (primary N) is 1. The van der Waals surface area contributed by atoms with Crippen molar-refractivity contribution in [3.63, 3.8) is 0 Å². The first-order chi connectivity index (χ1) is 14.2. The molecule has 0 amide bonds. The highest BCUT2D eigenvalue weighted by Crippen LogP contribution is 2.32. The minimum atomic E-state index is 0.542. The molecule has 0 aliphatic heterocycles. The Morgan fingerprint density at radius 1 is 0.828 bits per heavy atom. The molecule has 0 saturated carbocycles. The maximum Gasteiger partial charge on any atom is 0.158 e. The molecule has 140 valence electrons. The predicted octanol–water partition coefficient (Wildman–Crippen LogP) is 5.37. The summed E-state index contributed by atoms with van der Waals surface area (Å²) in [4.78, 5) is 11.4. The van der Waals surface area contributed by atoms with Gasteiger partial charge >= 0.3 is 0 Å². The number of para-hydroxylation sites is 1. The Morgan fingerprint density at radius 2 is 1.59 bits per heavy atom. The number of aromatic amines is 2. The predicted molar refractivity (Wildman–Crippen MR) is 120 cm³/mol. The first-order valence-electron chi connectivity index (χ1n) is 9.17. The molecule has 0 fully saturated rings. The number of rotatable bonds is 2. The van der Waals surface area contributed by atoms with Gasteiger partial charge in [0.05, 0.1) is 11.4 Å². The zero-order valence-electron chi connectivity index (χ0n) is 15.1. The van der Waals surface area contributed by atoms with Crippen molar-refractivity contribution in [3.8, 4) is 22.5 Å². The second-order valence-electron chi connectivity index (χ2n) is 7.01. The van der Waals surface area contributed by atoms with Crippen LogP contribution >= 0.6 is 15.9 Å². The summed E-state index contributed by atoms with van der Waals surface area (Å²) in [6, 6.07) is 18.1. The Kier molecular flexibility index (Phi) is 3.36. The quantitative estimate of drug-likeness (QED) is 0.336. The number of halogens is 1. The maximum atomic E-state index is 6.35. The van der Waals surface area contributed by atoms with E-state index in [1.54, 1.807) is 4.52 Å². The smallest absolute Gasteiger partial charge is 0.158 e. The van der Waals surface area contributed by atoms with Crippen molar-refractivity contribution in [1.82, 2.24) is 24.6 Å². The number of aromatic nitrogens is 5. The lowest BCUT2D eigenvalue weighted by molar-refractivity contribution is 0.958. The highest BCUT2D eigenvalue weighted by atomic mass is 79.9. The molecule has 0 aliphatic rings. The first-order valence-corrected chi connectivity index (χ1v) is 9.96. The average molecular weight is 443 g/mol. The number of benzene rings is 2. The van der Waals surface area contributed by atoms with E-state index in [2.05, 4.69) is 44.1 Å². The molecule has 0 unspecified atom stereocenters. The van der Waals surface area contributed by atoms with Gasteiger partial charge in [0.15, 0.2) is 5.65 Å². The molecular formula is C22H15BrN6. The van der Waals surface area contributed by atoms with Crippen LogP contribution in [0.2, 0.25) is 0 Å². The monoisotopic (exact) mass is 442 g/mol. The van der Waals surface area contributed by atoms with Crippen LogP contribution in [0.15, 0.2) is 71.5 Å². The van der Waals surface area contributed by atoms with Gasteiger partial charge in [0, 0.05) is 61.9 Å². The molecule has 0 saturated heterocycles. The van der Waals surface area contributed by atoms with Crippen molar-refractivity contribution in [2.75, 3.05) is 5.73 Å². The molecule has 0 radical (unpaired) electrons. The molecule has 0 aliphatic carbocycles. The second kappa shape index (κ2) is 5.96. The van der Waals surface area contributed by atoms with Crippen molar-refractivity contribution in [2.45, 2.75) is 0 Å². The molecule has 4 heterocycles. The standard InChI is InChI=1S/C22H15BrN6/c23-12-5-6-18-14(7-12)16(11-26-18)19-8-21(24)29-22(27-19)9-20(28-29)15-10-25-17-4-2-1-3-13(15)17/h1-11,25-26H,24H2. The fourth-order valence-corrected chi connectivity index (χ4v) is 4.22. The Labute approximate surface area is 173 Å². The SMILES string of the molecule is Nc1cc(-c2c[nH]c3ccc(Br)cc23)nc2cc(-c3c[nH]c4ccccc34)nn12. The Hall–Kier alpha value is -3.58. The van der Waals surface area contributed by atoms with Gasteiger partial charge in [0.25, 0.3) is 0 Å². The third kappa shape index (κ3) is 2.48. The van der Waals surface area contributed by atoms with Gasteiger partial charge in [0.1, 0.15) is 5.82 Å². The summed E-state index contributed by atoms with van der Waals surface area (Å²) >= 11 is 3.55. The lowest BCUT2D eigenvalue weighted by atomic mass is 10.1. The van der Waals surface area contributed by atoms with Crippen molar-refractivity contribution >= 4 is 49.2 Å². The van der Waals surface area contributed by atoms with Crippen LogP contribution in [0.3, 0.4) is 0 Å². The van der Waals surface area contributed by atoms with Crippen molar-refractivity contribution in [2.24, 2.45) is 0 Å². The van der Waals surface area contributed by atoms with E-state index in [1.807, 2.05) is 48.8 Å². The van der Waals surface area contributed by atoms with E-state index >= 15 is 0 Å². The largest absolute Gasteiger partial charge is 0.384 e. The van der Waals surface area contributed by atoms with Gasteiger partial charge < -0.3 is 15.7 Å². The van der Waals surface area contributed by atoms with Gasteiger partial charge in [-0.25, -0.2) is 4.98 Å². The van der Waals surface area contributed by atoms with Crippen LogP contribution in [-0.4, -0.2) is 24.6 Å². The fourth-order valence-electron chi connectivity index (χ4n) is 3.86. The molecular weight excluding hydrogens is 428 g/mol. The molecule has 6 aromatic rings. The number of anilines is 1. The normalized spacial score (nSPS) is 11.8. The number of nitrogens with one attached hydrogen (secondary N) is 2. The van der Waals surface area contributed by atoms with E-state index in [0.29, 0.717) is 11.5 Å². The van der Waals surface area contributed by atoms with E-state index in [-0.39, 0.29) is 0 Å². The molecule has 0 atom stereocenters. The van der Waals surface area contributed by atoms with E-state index < -0.39 is 0 Å². The zero-order valence-corrected chi connectivity index (χ0v) is 16.7. The number of H-pyrrole nitrogens is 2. The van der Waals surface area contributed by atoms with Crippen LogP contribution in [0.25, 0.3) is 50.0 Å². The van der Waals surface area contributed by atoms with Crippen LogP contribution in [0.5, 0.6) is 0 Å². The summed E-state index contributed by atoms with van der Waals surface area (Å²) in [5.41, 5.74) is 12.9. The summed E-state index contributed by atoms with van der Waals surface area (Å²) in [7, 11) is 0. The Balaban J connectivity index is 1.55. The number of hydrogen-bond donors (Lipinski definition) is 3. The first kappa shape index (κ1) is 16.4. The minimum Gasteiger partial charge on any atom is -0.384 e. The summed E-state index contributed by atoms with van der Waals surface area (Å²) in [6.07, 6.45) is 3.94. The molecule has 6 rings (SSSR count). The zero-order chi connectivity index (χ0) is 19.5. The fraction of sp³-hybridized carbons (Fsp3) is 0. The van der Waals surface area contributed by atoms with Gasteiger partial charge in [-0.05, 0) is 24.3 Å². The van der Waals surface area contributed by atoms with E-state index in [0.717, 1.165) is 48.8 Å². The topological polar surface area (TPSA) is 87.8 Å². The average Bonchev–Trinajstić information content (AvgIpc) is 3.43. The third-order valence-electron chi connectivity index (χ3n) is 5.24. The van der Waals surface area contributed by atoms with Crippen LogP contribution in [-0.2, 0) is 0 Å². The maximum absolute atomic E-state index is 6.35. The molecule has 4 aromatic heterocycles. The van der Waals surface area contributed by atoms with E-state index in [1.165, 1.54) is 0 Å².